The Bertz CT molecular complexity index is 1760. The molecule has 5 rings (SSSR count). The zero-order valence-electron chi connectivity index (χ0n) is 22.2. The topological polar surface area (TPSA) is 79.1 Å². The fraction of sp³-hybridized carbons (Fsp3) is 0.194. The van der Waals surface area contributed by atoms with Gasteiger partial charge < -0.3 is 14.2 Å². The largest absolute Gasteiger partial charge is 0.497 e. The Morgan fingerprint density at radius 3 is 2.45 bits per heavy atom. The number of ether oxygens (including phenoxy) is 3. The summed E-state index contributed by atoms with van der Waals surface area (Å²) in [4.78, 5) is 32.8. The van der Waals surface area contributed by atoms with Gasteiger partial charge in [-0.2, -0.15) is 0 Å². The van der Waals surface area contributed by atoms with Gasteiger partial charge in [0.25, 0.3) is 5.56 Å². The third-order valence-electron chi connectivity index (χ3n) is 6.36. The van der Waals surface area contributed by atoms with E-state index in [2.05, 4.69) is 0 Å². The molecule has 1 aliphatic rings. The first-order valence-corrected chi connectivity index (χ1v) is 14.0. The zero-order valence-corrected chi connectivity index (χ0v) is 23.8. The number of esters is 1. The molecule has 0 N–H and O–H groups in total. The van der Waals surface area contributed by atoms with Crippen molar-refractivity contribution in [2.75, 3.05) is 20.3 Å². The first kappa shape index (κ1) is 27.4. The van der Waals surface area contributed by atoms with Gasteiger partial charge >= 0.3 is 5.97 Å². The van der Waals surface area contributed by atoms with Crippen LogP contribution in [0.4, 0.5) is 0 Å². The molecule has 0 saturated carbocycles. The minimum absolute atomic E-state index is 0.183. The highest BCUT2D eigenvalue weighted by Crippen LogP contribution is 2.35. The van der Waals surface area contributed by atoms with Crippen molar-refractivity contribution in [1.29, 1.82) is 0 Å². The normalized spacial score (nSPS) is 14.9. The molecule has 0 spiro atoms. The van der Waals surface area contributed by atoms with E-state index >= 15 is 0 Å². The lowest BCUT2D eigenvalue weighted by molar-refractivity contribution is -0.138. The zero-order chi connectivity index (χ0) is 28.2. The summed E-state index contributed by atoms with van der Waals surface area (Å²) in [5.74, 6) is 0.709. The SMILES string of the molecule is CCOC(=O)C1=C(c2ccccc2)N=c2s/c(=C\c3ccc(OCC)c(Cl)c3)c(=O)n2[C@@H]1c1ccc(OC)cc1. The van der Waals surface area contributed by atoms with E-state index in [-0.39, 0.29) is 12.2 Å². The van der Waals surface area contributed by atoms with E-state index in [1.807, 2.05) is 55.5 Å². The van der Waals surface area contributed by atoms with Crippen LogP contribution >= 0.6 is 22.9 Å². The van der Waals surface area contributed by atoms with Crippen LogP contribution in [-0.2, 0) is 9.53 Å². The molecule has 0 fully saturated rings. The number of rotatable bonds is 8. The van der Waals surface area contributed by atoms with Crippen LogP contribution in [0.2, 0.25) is 5.02 Å². The number of halogens is 1. The highest BCUT2D eigenvalue weighted by Gasteiger charge is 2.35. The Balaban J connectivity index is 1.77. The first-order chi connectivity index (χ1) is 19.4. The quantitative estimate of drug-likeness (QED) is 0.277. The van der Waals surface area contributed by atoms with Gasteiger partial charge in [-0.15, -0.1) is 0 Å². The highest BCUT2D eigenvalue weighted by molar-refractivity contribution is 7.07. The standard InChI is InChI=1S/C31H27ClN2O5S/c1-4-38-24-16-11-19(17-23(24)32)18-25-29(35)34-28(21-12-14-22(37-3)15-13-21)26(30(36)39-5-2)27(33-31(34)40-25)20-9-7-6-8-10-20/h6-18,28H,4-5H2,1-3H3/b25-18-/t28-/m1/s1. The number of carbonyl (C=O) groups is 1. The second-order valence-corrected chi connectivity index (χ2v) is 10.2. The molecule has 1 aliphatic heterocycles. The Hall–Kier alpha value is -4.14. The maximum Gasteiger partial charge on any atom is 0.338 e. The van der Waals surface area contributed by atoms with Gasteiger partial charge in [0.1, 0.15) is 11.5 Å². The summed E-state index contributed by atoms with van der Waals surface area (Å²) in [6, 6.07) is 21.4. The van der Waals surface area contributed by atoms with Crippen molar-refractivity contribution in [3.63, 3.8) is 0 Å². The number of methoxy groups -OCH3 is 1. The lowest BCUT2D eigenvalue weighted by Gasteiger charge is -2.26. The third kappa shape index (κ3) is 5.33. The maximum absolute atomic E-state index is 14.0. The van der Waals surface area contributed by atoms with Crippen LogP contribution in [0.15, 0.2) is 88.2 Å². The molecule has 0 bridgehead atoms. The van der Waals surface area contributed by atoms with E-state index < -0.39 is 12.0 Å². The fourth-order valence-electron chi connectivity index (χ4n) is 4.57. The second-order valence-electron chi connectivity index (χ2n) is 8.83. The lowest BCUT2D eigenvalue weighted by Crippen LogP contribution is -2.40. The van der Waals surface area contributed by atoms with Gasteiger partial charge in [-0.3, -0.25) is 9.36 Å². The van der Waals surface area contributed by atoms with Gasteiger partial charge in [-0.05, 0) is 55.3 Å². The van der Waals surface area contributed by atoms with E-state index in [1.54, 1.807) is 48.9 Å². The van der Waals surface area contributed by atoms with Crippen LogP contribution in [0, 0.1) is 0 Å². The lowest BCUT2D eigenvalue weighted by atomic mass is 9.93. The first-order valence-electron chi connectivity index (χ1n) is 12.8. The Kier molecular flexibility index (Phi) is 8.19. The Labute approximate surface area is 240 Å². The number of aromatic nitrogens is 1. The average molecular weight is 575 g/mol. The molecular formula is C31H27ClN2O5S. The Morgan fingerprint density at radius 2 is 1.80 bits per heavy atom. The summed E-state index contributed by atoms with van der Waals surface area (Å²) < 4.78 is 18.4. The Morgan fingerprint density at radius 1 is 1.05 bits per heavy atom. The molecule has 7 nitrogen and oxygen atoms in total. The minimum Gasteiger partial charge on any atom is -0.497 e. The number of thiazole rings is 1. The number of carbonyl (C=O) groups excluding carboxylic acids is 1. The molecule has 3 aromatic carbocycles. The van der Waals surface area contributed by atoms with Crippen molar-refractivity contribution in [1.82, 2.24) is 4.57 Å². The molecule has 0 saturated heterocycles. The van der Waals surface area contributed by atoms with Crippen LogP contribution in [-0.4, -0.2) is 30.9 Å². The highest BCUT2D eigenvalue weighted by atomic mass is 35.5. The maximum atomic E-state index is 14.0. The summed E-state index contributed by atoms with van der Waals surface area (Å²) in [6.07, 6.45) is 1.77. The van der Waals surface area contributed by atoms with Crippen molar-refractivity contribution in [2.24, 2.45) is 4.99 Å². The van der Waals surface area contributed by atoms with Gasteiger partial charge in [0.2, 0.25) is 0 Å². The van der Waals surface area contributed by atoms with Gasteiger partial charge in [-0.1, -0.05) is 71.5 Å². The summed E-state index contributed by atoms with van der Waals surface area (Å²) in [5.41, 5.74) is 2.71. The molecule has 0 aliphatic carbocycles. The molecular weight excluding hydrogens is 548 g/mol. The van der Waals surface area contributed by atoms with Crippen molar-refractivity contribution < 1.29 is 19.0 Å². The van der Waals surface area contributed by atoms with Crippen molar-refractivity contribution in [3.05, 3.63) is 120 Å². The van der Waals surface area contributed by atoms with Crippen LogP contribution in [0.25, 0.3) is 11.8 Å². The summed E-state index contributed by atoms with van der Waals surface area (Å²) in [5, 5.41) is 0.454. The number of nitrogens with zero attached hydrogens (tertiary/aromatic N) is 2. The molecule has 0 unspecified atom stereocenters. The average Bonchev–Trinajstić information content (AvgIpc) is 3.28. The van der Waals surface area contributed by atoms with Crippen LogP contribution in [0.3, 0.4) is 0 Å². The monoisotopic (exact) mass is 574 g/mol. The predicted molar refractivity (Wildman–Crippen MR) is 157 cm³/mol. The molecule has 1 atom stereocenters. The summed E-state index contributed by atoms with van der Waals surface area (Å²) in [6.45, 7) is 4.32. The number of fused-ring (bicyclic) bond motifs is 1. The third-order valence-corrected chi connectivity index (χ3v) is 7.64. The van der Waals surface area contributed by atoms with Crippen LogP contribution in [0.5, 0.6) is 11.5 Å². The van der Waals surface area contributed by atoms with Gasteiger partial charge in [0, 0.05) is 5.56 Å². The minimum atomic E-state index is -0.762. The predicted octanol–water partition coefficient (Wildman–Crippen LogP) is 5.00. The van der Waals surface area contributed by atoms with Gasteiger partial charge in [0.05, 0.1) is 47.2 Å². The number of hydrogen-bond donors (Lipinski definition) is 0. The number of benzene rings is 3. The van der Waals surface area contributed by atoms with E-state index in [1.165, 1.54) is 11.3 Å². The molecule has 0 radical (unpaired) electrons. The van der Waals surface area contributed by atoms with E-state index in [0.29, 0.717) is 43.7 Å². The molecule has 1 aromatic heterocycles. The second kappa shape index (κ2) is 11.9. The van der Waals surface area contributed by atoms with Crippen LogP contribution in [0.1, 0.15) is 36.6 Å². The molecule has 4 aromatic rings. The fourth-order valence-corrected chi connectivity index (χ4v) is 5.82. The molecule has 2 heterocycles. The van der Waals surface area contributed by atoms with E-state index in [4.69, 9.17) is 30.8 Å². The van der Waals surface area contributed by atoms with Crippen molar-refractivity contribution in [3.8, 4) is 11.5 Å². The van der Waals surface area contributed by atoms with Gasteiger partial charge in [0.15, 0.2) is 4.80 Å². The summed E-state index contributed by atoms with van der Waals surface area (Å²) in [7, 11) is 1.59. The number of hydrogen-bond acceptors (Lipinski definition) is 7. The van der Waals surface area contributed by atoms with Crippen molar-refractivity contribution >= 4 is 40.7 Å². The molecule has 0 amide bonds. The molecule has 204 valence electrons. The molecule has 9 heteroatoms. The molecule has 40 heavy (non-hydrogen) atoms. The smallest absolute Gasteiger partial charge is 0.338 e. The van der Waals surface area contributed by atoms with Crippen molar-refractivity contribution in [2.45, 2.75) is 19.9 Å². The van der Waals surface area contributed by atoms with Crippen LogP contribution < -0.4 is 24.4 Å². The van der Waals surface area contributed by atoms with Gasteiger partial charge in [-0.25, -0.2) is 9.79 Å². The van der Waals surface area contributed by atoms with E-state index in [0.717, 1.165) is 16.7 Å². The van der Waals surface area contributed by atoms with E-state index in [9.17, 15) is 9.59 Å². The summed E-state index contributed by atoms with van der Waals surface area (Å²) >= 11 is 7.65.